The summed E-state index contributed by atoms with van der Waals surface area (Å²) >= 11 is 0. The number of hydrogen-bond acceptors (Lipinski definition) is 4. The number of rotatable bonds is 8. The van der Waals surface area contributed by atoms with Crippen LogP contribution in [0.25, 0.3) is 0 Å². The van der Waals surface area contributed by atoms with Crippen LogP contribution < -0.4 is 5.32 Å². The van der Waals surface area contributed by atoms with E-state index in [-0.39, 0.29) is 5.97 Å². The first-order valence-electron chi connectivity index (χ1n) is 4.57. The van der Waals surface area contributed by atoms with Crippen LogP contribution in [0.2, 0.25) is 0 Å². The summed E-state index contributed by atoms with van der Waals surface area (Å²) in [5.41, 5.74) is 0. The van der Waals surface area contributed by atoms with E-state index >= 15 is 0 Å². The fraction of sp³-hybridized carbons (Fsp3) is 0.889. The molecule has 0 aliphatic heterocycles. The maximum absolute atomic E-state index is 10.6. The molecule has 78 valence electrons. The lowest BCUT2D eigenvalue weighted by Gasteiger charge is -2.02. The van der Waals surface area contributed by atoms with Gasteiger partial charge in [-0.25, -0.2) is 0 Å². The molecule has 0 amide bonds. The van der Waals surface area contributed by atoms with Crippen molar-refractivity contribution < 1.29 is 14.3 Å². The molecule has 1 N–H and O–H groups in total. The van der Waals surface area contributed by atoms with Gasteiger partial charge in [-0.05, 0) is 25.8 Å². The number of methoxy groups -OCH3 is 2. The normalized spacial score (nSPS) is 10.0. The van der Waals surface area contributed by atoms with Crippen LogP contribution in [0, 0.1) is 0 Å². The minimum Gasteiger partial charge on any atom is -0.468 e. The van der Waals surface area contributed by atoms with E-state index in [1.807, 2.05) is 0 Å². The Kier molecular flexibility index (Phi) is 9.03. The van der Waals surface area contributed by atoms with Crippen molar-refractivity contribution in [3.8, 4) is 0 Å². The van der Waals surface area contributed by atoms with E-state index in [2.05, 4.69) is 10.1 Å². The van der Waals surface area contributed by atoms with Gasteiger partial charge in [-0.2, -0.15) is 0 Å². The number of unbranched alkanes of at least 4 members (excludes halogenated alkanes) is 2. The van der Waals surface area contributed by atoms with Gasteiger partial charge in [0.1, 0.15) is 0 Å². The van der Waals surface area contributed by atoms with Crippen LogP contribution in [-0.2, 0) is 14.3 Å². The van der Waals surface area contributed by atoms with Crippen molar-refractivity contribution in [1.82, 2.24) is 5.32 Å². The second-order valence-electron chi connectivity index (χ2n) is 2.81. The van der Waals surface area contributed by atoms with Crippen molar-refractivity contribution in [3.05, 3.63) is 0 Å². The summed E-state index contributed by atoms with van der Waals surface area (Å²) in [6.07, 6.45) is 3.28. The van der Waals surface area contributed by atoms with E-state index in [0.717, 1.165) is 32.4 Å². The Bertz CT molecular complexity index is 128. The van der Waals surface area contributed by atoms with Gasteiger partial charge >= 0.3 is 5.97 Å². The molecule has 0 radical (unpaired) electrons. The standard InChI is InChI=1S/C9H19NO3/c1-12-7-5-3-4-6-10-8-9(11)13-2/h10H,3-8H2,1-2H3. The van der Waals surface area contributed by atoms with Crippen LogP contribution in [0.3, 0.4) is 0 Å². The van der Waals surface area contributed by atoms with Crippen molar-refractivity contribution in [2.75, 3.05) is 33.9 Å². The highest BCUT2D eigenvalue weighted by Crippen LogP contribution is 1.93. The molecule has 0 unspecified atom stereocenters. The maximum atomic E-state index is 10.6. The Hall–Kier alpha value is -0.610. The second-order valence-corrected chi connectivity index (χ2v) is 2.81. The van der Waals surface area contributed by atoms with Crippen LogP contribution in [-0.4, -0.2) is 39.9 Å². The van der Waals surface area contributed by atoms with Crippen LogP contribution in [0.4, 0.5) is 0 Å². The van der Waals surface area contributed by atoms with Gasteiger partial charge in [-0.3, -0.25) is 4.79 Å². The Balaban J connectivity index is 2.95. The summed E-state index contributed by atoms with van der Waals surface area (Å²) in [6.45, 7) is 1.98. The number of hydrogen-bond donors (Lipinski definition) is 1. The van der Waals surface area contributed by atoms with Gasteiger partial charge in [0.2, 0.25) is 0 Å². The van der Waals surface area contributed by atoms with E-state index in [1.165, 1.54) is 7.11 Å². The molecule has 0 aromatic carbocycles. The Morgan fingerprint density at radius 2 is 2.00 bits per heavy atom. The topological polar surface area (TPSA) is 47.6 Å². The molecule has 0 bridgehead atoms. The van der Waals surface area contributed by atoms with Crippen molar-refractivity contribution in [1.29, 1.82) is 0 Å². The van der Waals surface area contributed by atoms with E-state index in [4.69, 9.17) is 4.74 Å². The Labute approximate surface area is 79.6 Å². The number of ether oxygens (including phenoxy) is 2. The van der Waals surface area contributed by atoms with E-state index in [0.29, 0.717) is 6.54 Å². The van der Waals surface area contributed by atoms with Gasteiger partial charge < -0.3 is 14.8 Å². The first-order valence-corrected chi connectivity index (χ1v) is 4.57. The summed E-state index contributed by atoms with van der Waals surface area (Å²) in [4.78, 5) is 10.6. The average Bonchev–Trinajstić information content (AvgIpc) is 2.16. The highest BCUT2D eigenvalue weighted by Gasteiger charge is 1.96. The third-order valence-electron chi connectivity index (χ3n) is 1.70. The van der Waals surface area contributed by atoms with Crippen LogP contribution in [0.15, 0.2) is 0 Å². The van der Waals surface area contributed by atoms with Gasteiger partial charge in [-0.15, -0.1) is 0 Å². The van der Waals surface area contributed by atoms with Gasteiger partial charge in [0.15, 0.2) is 0 Å². The van der Waals surface area contributed by atoms with Crippen molar-refractivity contribution in [3.63, 3.8) is 0 Å². The van der Waals surface area contributed by atoms with E-state index in [1.54, 1.807) is 7.11 Å². The van der Waals surface area contributed by atoms with Crippen LogP contribution >= 0.6 is 0 Å². The van der Waals surface area contributed by atoms with Gasteiger partial charge in [0, 0.05) is 13.7 Å². The second kappa shape index (κ2) is 9.48. The van der Waals surface area contributed by atoms with Crippen LogP contribution in [0.5, 0.6) is 0 Å². The third kappa shape index (κ3) is 9.30. The molecule has 0 heterocycles. The lowest BCUT2D eigenvalue weighted by atomic mass is 10.2. The molecule has 13 heavy (non-hydrogen) atoms. The molecular formula is C9H19NO3. The minimum atomic E-state index is -0.211. The largest absolute Gasteiger partial charge is 0.468 e. The van der Waals surface area contributed by atoms with Crippen molar-refractivity contribution >= 4 is 5.97 Å². The molecule has 0 atom stereocenters. The summed E-state index contributed by atoms with van der Waals surface area (Å²) in [5, 5.41) is 3.00. The summed E-state index contributed by atoms with van der Waals surface area (Å²) in [6, 6.07) is 0. The molecule has 0 saturated carbocycles. The highest BCUT2D eigenvalue weighted by molar-refractivity contribution is 5.71. The fourth-order valence-electron chi connectivity index (χ4n) is 0.936. The monoisotopic (exact) mass is 189 g/mol. The molecule has 0 aromatic heterocycles. The number of esters is 1. The van der Waals surface area contributed by atoms with Gasteiger partial charge in [0.25, 0.3) is 0 Å². The molecule has 0 aromatic rings. The molecule has 0 aliphatic carbocycles. The molecule has 4 nitrogen and oxygen atoms in total. The molecule has 0 aliphatic rings. The zero-order chi connectivity index (χ0) is 9.94. The van der Waals surface area contributed by atoms with Gasteiger partial charge in [0.05, 0.1) is 13.7 Å². The molecule has 0 rings (SSSR count). The zero-order valence-electron chi connectivity index (χ0n) is 8.47. The number of carbonyl (C=O) groups excluding carboxylic acids is 1. The van der Waals surface area contributed by atoms with Gasteiger partial charge in [-0.1, -0.05) is 0 Å². The maximum Gasteiger partial charge on any atom is 0.319 e. The lowest BCUT2D eigenvalue weighted by molar-refractivity contribution is -0.139. The molecule has 4 heteroatoms. The van der Waals surface area contributed by atoms with E-state index < -0.39 is 0 Å². The fourth-order valence-corrected chi connectivity index (χ4v) is 0.936. The number of carbonyl (C=O) groups is 1. The van der Waals surface area contributed by atoms with Crippen LogP contribution in [0.1, 0.15) is 19.3 Å². The Morgan fingerprint density at radius 1 is 1.23 bits per heavy atom. The van der Waals surface area contributed by atoms with Crippen molar-refractivity contribution in [2.45, 2.75) is 19.3 Å². The molecule has 0 saturated heterocycles. The summed E-state index contributed by atoms with van der Waals surface area (Å²) < 4.78 is 9.38. The number of nitrogens with one attached hydrogen (secondary N) is 1. The molecule has 0 fully saturated rings. The summed E-state index contributed by atoms with van der Waals surface area (Å²) in [7, 11) is 3.10. The minimum absolute atomic E-state index is 0.211. The van der Waals surface area contributed by atoms with E-state index in [9.17, 15) is 4.79 Å². The quantitative estimate of drug-likeness (QED) is 0.448. The lowest BCUT2D eigenvalue weighted by Crippen LogP contribution is -2.24. The predicted molar refractivity (Wildman–Crippen MR) is 50.6 cm³/mol. The first kappa shape index (κ1) is 12.4. The first-order chi connectivity index (χ1) is 6.31. The average molecular weight is 189 g/mol. The zero-order valence-corrected chi connectivity index (χ0v) is 8.47. The molecule has 0 spiro atoms. The third-order valence-corrected chi connectivity index (χ3v) is 1.70. The smallest absolute Gasteiger partial charge is 0.319 e. The summed E-state index contributed by atoms with van der Waals surface area (Å²) in [5.74, 6) is -0.211. The highest BCUT2D eigenvalue weighted by atomic mass is 16.5. The molecular weight excluding hydrogens is 170 g/mol. The Morgan fingerprint density at radius 3 is 2.62 bits per heavy atom. The predicted octanol–water partition coefficient (Wildman–Crippen LogP) is 0.566. The SMILES string of the molecule is COCCCCCNCC(=O)OC. The van der Waals surface area contributed by atoms with Crippen molar-refractivity contribution in [2.24, 2.45) is 0 Å².